The van der Waals surface area contributed by atoms with Crippen molar-refractivity contribution in [1.82, 2.24) is 14.1 Å². The van der Waals surface area contributed by atoms with Crippen molar-refractivity contribution in [2.24, 2.45) is 5.92 Å². The molecule has 1 aromatic carbocycles. The molecule has 23 heavy (non-hydrogen) atoms. The van der Waals surface area contributed by atoms with Gasteiger partial charge < -0.3 is 14.9 Å². The molecule has 0 saturated carbocycles. The Balaban J connectivity index is 2.12. The van der Waals surface area contributed by atoms with Crippen molar-refractivity contribution in [3.05, 3.63) is 58.5 Å². The summed E-state index contributed by atoms with van der Waals surface area (Å²) in [6, 6.07) is 7.87. The Hall–Kier alpha value is -2.63. The van der Waals surface area contributed by atoms with Crippen molar-refractivity contribution in [3.63, 3.8) is 0 Å². The lowest BCUT2D eigenvalue weighted by Gasteiger charge is -2.13. The fourth-order valence-corrected chi connectivity index (χ4v) is 2.67. The summed E-state index contributed by atoms with van der Waals surface area (Å²) in [5.41, 5.74) is 7.09. The minimum atomic E-state index is -0.320. The first-order chi connectivity index (χ1) is 11.0. The smallest absolute Gasteiger partial charge is 0.274 e. The average Bonchev–Trinajstić information content (AvgIpc) is 2.80. The van der Waals surface area contributed by atoms with E-state index in [-0.39, 0.29) is 17.1 Å². The number of aromatic nitrogens is 3. The van der Waals surface area contributed by atoms with Crippen LogP contribution < -0.4 is 11.3 Å². The van der Waals surface area contributed by atoms with Gasteiger partial charge >= 0.3 is 0 Å². The molecule has 0 spiro atoms. The van der Waals surface area contributed by atoms with Crippen LogP contribution >= 0.6 is 0 Å². The molecule has 5 nitrogen and oxygen atoms in total. The molecule has 0 atom stereocenters. The number of anilines is 1. The second kappa shape index (κ2) is 5.87. The molecule has 120 valence electrons. The maximum Gasteiger partial charge on any atom is 0.274 e. The summed E-state index contributed by atoms with van der Waals surface area (Å²) in [4.78, 5) is 16.6. The van der Waals surface area contributed by atoms with Crippen LogP contribution in [0.25, 0.3) is 11.0 Å². The molecule has 0 saturated heterocycles. The molecule has 6 heteroatoms. The Morgan fingerprint density at radius 2 is 2.09 bits per heavy atom. The number of nitrogen functional groups attached to an aromatic ring is 1. The van der Waals surface area contributed by atoms with Gasteiger partial charge in [0.2, 0.25) is 0 Å². The zero-order valence-corrected chi connectivity index (χ0v) is 13.2. The maximum absolute atomic E-state index is 13.5. The largest absolute Gasteiger partial charge is 0.394 e. The first-order valence-corrected chi connectivity index (χ1v) is 7.55. The number of nitrogens with zero attached hydrogens (tertiary/aromatic N) is 3. The molecular weight excluding hydrogens is 295 g/mol. The number of nitrogens with two attached hydrogens (primary N) is 1. The van der Waals surface area contributed by atoms with E-state index in [0.717, 1.165) is 12.1 Å². The molecular formula is C17H19FN4O. The summed E-state index contributed by atoms with van der Waals surface area (Å²) in [5.74, 6) is 0.792. The Kier molecular flexibility index (Phi) is 3.90. The second-order valence-electron chi connectivity index (χ2n) is 6.06. The van der Waals surface area contributed by atoms with Crippen LogP contribution in [-0.2, 0) is 13.1 Å². The van der Waals surface area contributed by atoms with Gasteiger partial charge in [0.25, 0.3) is 5.56 Å². The first-order valence-electron chi connectivity index (χ1n) is 7.55. The van der Waals surface area contributed by atoms with Gasteiger partial charge in [0.15, 0.2) is 0 Å². The van der Waals surface area contributed by atoms with Gasteiger partial charge in [-0.25, -0.2) is 9.37 Å². The molecule has 0 aliphatic heterocycles. The number of fused-ring (bicyclic) bond motifs is 1. The van der Waals surface area contributed by atoms with Crippen LogP contribution in [0.2, 0.25) is 0 Å². The Bertz CT molecular complexity index is 911. The van der Waals surface area contributed by atoms with E-state index in [2.05, 4.69) is 18.8 Å². The van der Waals surface area contributed by atoms with Crippen molar-refractivity contribution in [3.8, 4) is 0 Å². The summed E-state index contributed by atoms with van der Waals surface area (Å²) in [5, 5.41) is 0. The van der Waals surface area contributed by atoms with Crippen LogP contribution in [0.1, 0.15) is 19.7 Å². The normalized spacial score (nSPS) is 11.5. The van der Waals surface area contributed by atoms with E-state index in [1.54, 1.807) is 24.4 Å². The number of benzene rings is 1. The number of pyridine rings is 1. The van der Waals surface area contributed by atoms with Gasteiger partial charge in [0, 0.05) is 18.8 Å². The van der Waals surface area contributed by atoms with Crippen molar-refractivity contribution < 1.29 is 4.39 Å². The third-order valence-electron chi connectivity index (χ3n) is 3.70. The molecule has 3 rings (SSSR count). The SMILES string of the molecule is CC(C)Cn1c(Cn2cccc(N)c2=O)nc2cc(F)ccc21. The quantitative estimate of drug-likeness (QED) is 0.805. The van der Waals surface area contributed by atoms with Crippen molar-refractivity contribution in [2.75, 3.05) is 5.73 Å². The molecule has 0 aliphatic carbocycles. The van der Waals surface area contributed by atoms with Crippen molar-refractivity contribution >= 4 is 16.7 Å². The summed E-state index contributed by atoms with van der Waals surface area (Å²) in [6.07, 6.45) is 1.68. The van der Waals surface area contributed by atoms with Gasteiger partial charge in [-0.05, 0) is 30.2 Å². The molecule has 0 fully saturated rings. The molecule has 2 N–H and O–H groups in total. The zero-order valence-electron chi connectivity index (χ0n) is 13.2. The van der Waals surface area contributed by atoms with Gasteiger partial charge in [-0.3, -0.25) is 4.79 Å². The van der Waals surface area contributed by atoms with E-state index in [1.165, 1.54) is 16.7 Å². The van der Waals surface area contributed by atoms with Gasteiger partial charge in [-0.1, -0.05) is 13.8 Å². The molecule has 2 aromatic heterocycles. The number of imidazole rings is 1. The molecule has 0 unspecified atom stereocenters. The van der Waals surface area contributed by atoms with Crippen molar-refractivity contribution in [2.45, 2.75) is 26.9 Å². The van der Waals surface area contributed by atoms with Crippen LogP contribution in [0.3, 0.4) is 0 Å². The van der Waals surface area contributed by atoms with Gasteiger partial charge in [-0.2, -0.15) is 0 Å². The van der Waals surface area contributed by atoms with E-state index in [4.69, 9.17) is 5.73 Å². The predicted molar refractivity (Wildman–Crippen MR) is 88.7 cm³/mol. The lowest BCUT2D eigenvalue weighted by Crippen LogP contribution is -2.24. The molecule has 0 amide bonds. The number of rotatable bonds is 4. The lowest BCUT2D eigenvalue weighted by molar-refractivity contribution is 0.509. The van der Waals surface area contributed by atoms with E-state index in [1.807, 2.05) is 4.57 Å². The highest BCUT2D eigenvalue weighted by Gasteiger charge is 2.14. The highest BCUT2D eigenvalue weighted by Crippen LogP contribution is 2.19. The van der Waals surface area contributed by atoms with E-state index in [9.17, 15) is 9.18 Å². The van der Waals surface area contributed by atoms with E-state index >= 15 is 0 Å². The summed E-state index contributed by atoms with van der Waals surface area (Å²) in [6.45, 7) is 5.25. The summed E-state index contributed by atoms with van der Waals surface area (Å²) in [7, 11) is 0. The van der Waals surface area contributed by atoms with Crippen molar-refractivity contribution in [1.29, 1.82) is 0 Å². The number of hydrogen-bond donors (Lipinski definition) is 1. The van der Waals surface area contributed by atoms with E-state index < -0.39 is 0 Å². The standard InChI is InChI=1S/C17H19FN4O/c1-11(2)9-22-15-6-5-12(18)8-14(15)20-16(22)10-21-7-3-4-13(19)17(21)23/h3-8,11H,9-10,19H2,1-2H3. The summed E-state index contributed by atoms with van der Waals surface area (Å²) >= 11 is 0. The Morgan fingerprint density at radius 3 is 2.83 bits per heavy atom. The van der Waals surface area contributed by atoms with E-state index in [0.29, 0.717) is 23.8 Å². The van der Waals surface area contributed by atoms with Crippen LogP contribution in [0, 0.1) is 11.7 Å². The number of halogens is 1. The third kappa shape index (κ3) is 2.97. The predicted octanol–water partition coefficient (Wildman–Crippen LogP) is 2.62. The van der Waals surface area contributed by atoms with Crippen LogP contribution in [0.15, 0.2) is 41.3 Å². The highest BCUT2D eigenvalue weighted by atomic mass is 19.1. The minimum Gasteiger partial charge on any atom is -0.394 e. The minimum absolute atomic E-state index is 0.199. The Morgan fingerprint density at radius 1 is 1.30 bits per heavy atom. The molecule has 0 radical (unpaired) electrons. The monoisotopic (exact) mass is 314 g/mol. The maximum atomic E-state index is 13.5. The van der Waals surface area contributed by atoms with Crippen LogP contribution in [-0.4, -0.2) is 14.1 Å². The molecule has 0 bridgehead atoms. The van der Waals surface area contributed by atoms with Crippen LogP contribution in [0.5, 0.6) is 0 Å². The topological polar surface area (TPSA) is 65.8 Å². The lowest BCUT2D eigenvalue weighted by atomic mass is 10.2. The zero-order chi connectivity index (χ0) is 16.6. The Labute approximate surface area is 133 Å². The van der Waals surface area contributed by atoms with Gasteiger partial charge in [-0.15, -0.1) is 0 Å². The highest BCUT2D eigenvalue weighted by molar-refractivity contribution is 5.76. The fourth-order valence-electron chi connectivity index (χ4n) is 2.67. The average molecular weight is 314 g/mol. The fraction of sp³-hybridized carbons (Fsp3) is 0.294. The molecule has 2 heterocycles. The second-order valence-corrected chi connectivity index (χ2v) is 6.06. The molecule has 0 aliphatic rings. The summed E-state index contributed by atoms with van der Waals surface area (Å²) < 4.78 is 17.0. The third-order valence-corrected chi connectivity index (χ3v) is 3.70. The number of hydrogen-bond acceptors (Lipinski definition) is 3. The van der Waals surface area contributed by atoms with Gasteiger partial charge in [0.1, 0.15) is 11.6 Å². The molecule has 3 aromatic rings. The first kappa shape index (κ1) is 15.3. The van der Waals surface area contributed by atoms with Gasteiger partial charge in [0.05, 0.1) is 23.3 Å². The van der Waals surface area contributed by atoms with Crippen LogP contribution in [0.4, 0.5) is 10.1 Å².